The molecule has 0 radical (unpaired) electrons. The third-order valence-corrected chi connectivity index (χ3v) is 2.78. The molecule has 2 nitrogen and oxygen atoms in total. The monoisotopic (exact) mass is 208 g/mol. The molecule has 0 heterocycles. The number of phenols is 1. The van der Waals surface area contributed by atoms with Gasteiger partial charge in [-0.15, -0.1) is 0 Å². The van der Waals surface area contributed by atoms with Gasteiger partial charge in [-0.05, 0) is 29.4 Å². The third-order valence-electron chi connectivity index (χ3n) is 2.78. The first kappa shape index (κ1) is 12.1. The summed E-state index contributed by atoms with van der Waals surface area (Å²) < 4.78 is 0. The number of para-hydroxylation sites is 1. The van der Waals surface area contributed by atoms with E-state index < -0.39 is 0 Å². The normalized spacial score (nSPS) is 13.9. The summed E-state index contributed by atoms with van der Waals surface area (Å²) in [6, 6.07) is 7.37. The Bertz CT molecular complexity index is 313. The fourth-order valence-corrected chi connectivity index (χ4v) is 1.97. The summed E-state index contributed by atoms with van der Waals surface area (Å²) in [7, 11) is 0. The lowest BCUT2D eigenvalue weighted by atomic mass is 9.74. The Morgan fingerprint density at radius 1 is 1.20 bits per heavy atom. The predicted molar refractivity (Wildman–Crippen MR) is 62.0 cm³/mol. The Kier molecular flexibility index (Phi) is 3.75. The number of rotatable bonds is 3. The molecule has 0 saturated carbocycles. The smallest absolute Gasteiger partial charge is 0.119 e. The summed E-state index contributed by atoms with van der Waals surface area (Å²) in [6.07, 6.45) is 0.682. The minimum Gasteiger partial charge on any atom is -0.508 e. The topological polar surface area (TPSA) is 40.5 Å². The minimum atomic E-state index is 0.0432. The zero-order chi connectivity index (χ0) is 11.5. The van der Waals surface area contributed by atoms with Crippen LogP contribution in [-0.2, 0) is 0 Å². The van der Waals surface area contributed by atoms with Crippen molar-refractivity contribution in [3.63, 3.8) is 0 Å². The number of aromatic hydroxyl groups is 1. The number of benzene rings is 1. The molecule has 2 N–H and O–H groups in total. The molecule has 0 saturated heterocycles. The number of aliphatic hydroxyl groups excluding tert-OH is 1. The van der Waals surface area contributed by atoms with Crippen LogP contribution in [0.15, 0.2) is 24.3 Å². The van der Waals surface area contributed by atoms with E-state index in [-0.39, 0.29) is 17.9 Å². The molecule has 84 valence electrons. The van der Waals surface area contributed by atoms with Crippen molar-refractivity contribution in [2.75, 3.05) is 6.61 Å². The second kappa shape index (κ2) is 4.67. The molecule has 0 aliphatic carbocycles. The third kappa shape index (κ3) is 2.96. The largest absolute Gasteiger partial charge is 0.508 e. The standard InChI is InChI=1S/C13H20O2/c1-13(2,3)11(8-9-14)10-6-4-5-7-12(10)15/h4-7,11,14-15H,8-9H2,1-3H3. The molecule has 1 aromatic rings. The summed E-state index contributed by atoms with van der Waals surface area (Å²) >= 11 is 0. The van der Waals surface area contributed by atoms with E-state index in [1.165, 1.54) is 0 Å². The fourth-order valence-electron chi connectivity index (χ4n) is 1.97. The van der Waals surface area contributed by atoms with E-state index >= 15 is 0 Å². The van der Waals surface area contributed by atoms with Crippen molar-refractivity contribution in [2.45, 2.75) is 33.1 Å². The Hall–Kier alpha value is -1.02. The molecule has 2 heteroatoms. The molecule has 0 aromatic heterocycles. The predicted octanol–water partition coefficient (Wildman–Crippen LogP) is 2.90. The zero-order valence-electron chi connectivity index (χ0n) is 9.70. The van der Waals surface area contributed by atoms with Gasteiger partial charge in [-0.25, -0.2) is 0 Å². The second-order valence-corrected chi connectivity index (χ2v) is 4.99. The van der Waals surface area contributed by atoms with Crippen LogP contribution in [0.4, 0.5) is 0 Å². The van der Waals surface area contributed by atoms with E-state index in [1.807, 2.05) is 18.2 Å². The molecule has 0 aliphatic heterocycles. The average molecular weight is 208 g/mol. The fraction of sp³-hybridized carbons (Fsp3) is 0.538. The number of phenolic OH excluding ortho intramolecular Hbond substituents is 1. The molecule has 1 rings (SSSR count). The molecule has 1 aromatic carbocycles. The number of hydrogen-bond acceptors (Lipinski definition) is 2. The molecule has 0 fully saturated rings. The maximum Gasteiger partial charge on any atom is 0.119 e. The first-order valence-corrected chi connectivity index (χ1v) is 5.35. The first-order chi connectivity index (χ1) is 6.96. The van der Waals surface area contributed by atoms with E-state index in [9.17, 15) is 5.11 Å². The highest BCUT2D eigenvalue weighted by molar-refractivity contribution is 5.35. The molecule has 0 aliphatic rings. The number of aliphatic hydroxyl groups is 1. The van der Waals surface area contributed by atoms with Crippen LogP contribution in [0.3, 0.4) is 0 Å². The highest BCUT2D eigenvalue weighted by atomic mass is 16.3. The van der Waals surface area contributed by atoms with E-state index in [4.69, 9.17) is 5.11 Å². The molecule has 15 heavy (non-hydrogen) atoms. The van der Waals surface area contributed by atoms with Crippen LogP contribution in [0.2, 0.25) is 0 Å². The lowest BCUT2D eigenvalue weighted by molar-refractivity contribution is 0.221. The van der Waals surface area contributed by atoms with Gasteiger partial charge in [0.05, 0.1) is 0 Å². The van der Waals surface area contributed by atoms with Gasteiger partial charge in [0, 0.05) is 6.61 Å². The van der Waals surface area contributed by atoms with E-state index in [0.717, 1.165) is 5.56 Å². The summed E-state index contributed by atoms with van der Waals surface area (Å²) in [5, 5.41) is 18.9. The number of hydrogen-bond donors (Lipinski definition) is 2. The summed E-state index contributed by atoms with van der Waals surface area (Å²) in [5.41, 5.74) is 0.973. The molecular formula is C13H20O2. The van der Waals surface area contributed by atoms with Crippen molar-refractivity contribution in [2.24, 2.45) is 5.41 Å². The Labute approximate surface area is 91.6 Å². The second-order valence-electron chi connectivity index (χ2n) is 4.99. The van der Waals surface area contributed by atoms with Crippen molar-refractivity contribution in [3.05, 3.63) is 29.8 Å². The van der Waals surface area contributed by atoms with Crippen LogP contribution >= 0.6 is 0 Å². The summed E-state index contributed by atoms with van der Waals surface area (Å²) in [4.78, 5) is 0. The van der Waals surface area contributed by atoms with Gasteiger partial charge >= 0.3 is 0 Å². The molecule has 1 unspecified atom stereocenters. The van der Waals surface area contributed by atoms with Gasteiger partial charge in [0.2, 0.25) is 0 Å². The molecule has 0 spiro atoms. The van der Waals surface area contributed by atoms with Crippen LogP contribution in [-0.4, -0.2) is 16.8 Å². The maximum atomic E-state index is 9.79. The van der Waals surface area contributed by atoms with Crippen molar-refractivity contribution in [3.8, 4) is 5.75 Å². The van der Waals surface area contributed by atoms with Crippen molar-refractivity contribution in [1.29, 1.82) is 0 Å². The van der Waals surface area contributed by atoms with Crippen LogP contribution in [0.5, 0.6) is 5.75 Å². The minimum absolute atomic E-state index is 0.0432. The summed E-state index contributed by atoms with van der Waals surface area (Å²) in [5.74, 6) is 0.509. The SMILES string of the molecule is CC(C)(C)C(CCO)c1ccccc1O. The van der Waals surface area contributed by atoms with Crippen molar-refractivity contribution < 1.29 is 10.2 Å². The lowest BCUT2D eigenvalue weighted by Gasteiger charge is -2.31. The van der Waals surface area contributed by atoms with Gasteiger partial charge in [0.25, 0.3) is 0 Å². The zero-order valence-corrected chi connectivity index (χ0v) is 9.70. The van der Waals surface area contributed by atoms with Gasteiger partial charge in [-0.3, -0.25) is 0 Å². The van der Waals surface area contributed by atoms with E-state index in [1.54, 1.807) is 6.07 Å². The Morgan fingerprint density at radius 3 is 2.27 bits per heavy atom. The van der Waals surface area contributed by atoms with Crippen molar-refractivity contribution >= 4 is 0 Å². The molecular weight excluding hydrogens is 188 g/mol. The van der Waals surface area contributed by atoms with Crippen LogP contribution in [0.25, 0.3) is 0 Å². The van der Waals surface area contributed by atoms with Gasteiger partial charge in [-0.2, -0.15) is 0 Å². The quantitative estimate of drug-likeness (QED) is 0.801. The van der Waals surface area contributed by atoms with Gasteiger partial charge < -0.3 is 10.2 Å². The summed E-state index contributed by atoms with van der Waals surface area (Å²) in [6.45, 7) is 6.52. The van der Waals surface area contributed by atoms with Gasteiger partial charge in [0.1, 0.15) is 5.75 Å². The Balaban J connectivity index is 3.05. The highest BCUT2D eigenvalue weighted by Crippen LogP contribution is 2.40. The highest BCUT2D eigenvalue weighted by Gasteiger charge is 2.27. The van der Waals surface area contributed by atoms with Crippen LogP contribution in [0, 0.1) is 5.41 Å². The Morgan fingerprint density at radius 2 is 1.80 bits per heavy atom. The first-order valence-electron chi connectivity index (χ1n) is 5.35. The molecule has 0 bridgehead atoms. The maximum absolute atomic E-state index is 9.79. The van der Waals surface area contributed by atoms with Crippen LogP contribution in [0.1, 0.15) is 38.7 Å². The molecule has 0 amide bonds. The van der Waals surface area contributed by atoms with E-state index in [2.05, 4.69) is 20.8 Å². The van der Waals surface area contributed by atoms with Gasteiger partial charge in [-0.1, -0.05) is 39.0 Å². The molecule has 1 atom stereocenters. The van der Waals surface area contributed by atoms with Gasteiger partial charge in [0.15, 0.2) is 0 Å². The van der Waals surface area contributed by atoms with E-state index in [0.29, 0.717) is 12.2 Å². The lowest BCUT2D eigenvalue weighted by Crippen LogP contribution is -2.19. The van der Waals surface area contributed by atoms with Crippen LogP contribution < -0.4 is 0 Å². The van der Waals surface area contributed by atoms with Crippen molar-refractivity contribution in [1.82, 2.24) is 0 Å². The average Bonchev–Trinajstić information content (AvgIpc) is 2.14.